The van der Waals surface area contributed by atoms with Crippen LogP contribution in [-0.2, 0) is 16.1 Å². The van der Waals surface area contributed by atoms with Gasteiger partial charge in [0.15, 0.2) is 5.11 Å². The van der Waals surface area contributed by atoms with Crippen LogP contribution in [0.5, 0.6) is 5.75 Å². The Balaban J connectivity index is 1.78. The van der Waals surface area contributed by atoms with Gasteiger partial charge in [0.25, 0.3) is 0 Å². The summed E-state index contributed by atoms with van der Waals surface area (Å²) < 4.78 is 15.4. The van der Waals surface area contributed by atoms with Crippen molar-refractivity contribution in [2.45, 2.75) is 6.61 Å². The van der Waals surface area contributed by atoms with Gasteiger partial charge in [0.1, 0.15) is 12.4 Å². The van der Waals surface area contributed by atoms with Gasteiger partial charge in [-0.15, -0.1) is 0 Å². The molecule has 0 fully saturated rings. The maximum atomic E-state index is 11.4. The molecule has 7 nitrogen and oxygen atoms in total. The third kappa shape index (κ3) is 7.34. The molecule has 0 aromatic heterocycles. The second-order valence-electron chi connectivity index (χ2n) is 5.66. The molecule has 2 rings (SSSR count). The quantitative estimate of drug-likeness (QED) is 0.220. The fourth-order valence-corrected chi connectivity index (χ4v) is 2.30. The van der Waals surface area contributed by atoms with Crippen molar-refractivity contribution >= 4 is 29.5 Å². The lowest BCUT2D eigenvalue weighted by atomic mass is 10.1. The Morgan fingerprint density at radius 2 is 1.82 bits per heavy atom. The number of thiocarbonyl (C=S) groups is 1. The number of methoxy groups -OCH3 is 2. The van der Waals surface area contributed by atoms with E-state index in [1.165, 1.54) is 7.11 Å². The van der Waals surface area contributed by atoms with E-state index < -0.39 is 0 Å². The summed E-state index contributed by atoms with van der Waals surface area (Å²) in [7, 11) is 2.99. The van der Waals surface area contributed by atoms with E-state index >= 15 is 0 Å². The molecule has 0 bridgehead atoms. The number of carbonyl (C=O) groups is 1. The minimum Gasteiger partial charge on any atom is -0.489 e. The van der Waals surface area contributed by atoms with Gasteiger partial charge in [-0.05, 0) is 59.7 Å². The van der Waals surface area contributed by atoms with Crippen molar-refractivity contribution in [2.75, 3.05) is 27.4 Å². The topological polar surface area (TPSA) is 81.2 Å². The zero-order valence-electron chi connectivity index (χ0n) is 15.8. The highest BCUT2D eigenvalue weighted by Crippen LogP contribution is 2.14. The summed E-state index contributed by atoms with van der Waals surface area (Å²) in [6.45, 7) is 1.59. The number of esters is 1. The van der Waals surface area contributed by atoms with Crippen LogP contribution in [0.25, 0.3) is 0 Å². The zero-order chi connectivity index (χ0) is 20.2. The standard InChI is InChI=1S/C20H23N3O4S/c1-25-12-11-21-20(28)23-22-13-15-5-9-18(10-6-15)27-14-16-3-7-17(8-4-16)19(24)26-2/h3-10,13H,11-12,14H2,1-2H3,(H2,21,23,28)/b22-13-. The summed E-state index contributed by atoms with van der Waals surface area (Å²) in [6.07, 6.45) is 1.67. The van der Waals surface area contributed by atoms with Crippen molar-refractivity contribution < 1.29 is 19.0 Å². The van der Waals surface area contributed by atoms with Crippen LogP contribution in [0.1, 0.15) is 21.5 Å². The highest BCUT2D eigenvalue weighted by atomic mass is 32.1. The lowest BCUT2D eigenvalue weighted by molar-refractivity contribution is 0.0600. The highest BCUT2D eigenvalue weighted by molar-refractivity contribution is 7.80. The number of hydrazone groups is 1. The van der Waals surface area contributed by atoms with Gasteiger partial charge in [0.05, 0.1) is 25.5 Å². The second kappa shape index (κ2) is 11.7. The molecule has 0 saturated heterocycles. The minimum atomic E-state index is -0.356. The van der Waals surface area contributed by atoms with Crippen molar-refractivity contribution in [1.82, 2.24) is 10.7 Å². The first-order valence-corrected chi connectivity index (χ1v) is 8.99. The number of nitrogens with one attached hydrogen (secondary N) is 2. The van der Waals surface area contributed by atoms with Crippen molar-refractivity contribution in [2.24, 2.45) is 5.10 Å². The van der Waals surface area contributed by atoms with Crippen molar-refractivity contribution in [3.63, 3.8) is 0 Å². The molecule has 148 valence electrons. The van der Waals surface area contributed by atoms with E-state index in [1.807, 2.05) is 36.4 Å². The van der Waals surface area contributed by atoms with Gasteiger partial charge < -0.3 is 19.5 Å². The van der Waals surface area contributed by atoms with E-state index in [9.17, 15) is 4.79 Å². The molecule has 2 aromatic carbocycles. The molecule has 0 heterocycles. The Bertz CT molecular complexity index is 792. The molecule has 0 amide bonds. The van der Waals surface area contributed by atoms with E-state index in [0.717, 1.165) is 16.9 Å². The largest absolute Gasteiger partial charge is 0.489 e. The lowest BCUT2D eigenvalue weighted by Gasteiger charge is -2.07. The fourth-order valence-electron chi connectivity index (χ4n) is 2.14. The third-order valence-electron chi connectivity index (χ3n) is 3.63. The van der Waals surface area contributed by atoms with Crippen molar-refractivity contribution in [1.29, 1.82) is 0 Å². The molecule has 0 aliphatic rings. The number of hydrogen-bond donors (Lipinski definition) is 2. The Hall–Kier alpha value is -2.97. The van der Waals surface area contributed by atoms with Gasteiger partial charge in [0.2, 0.25) is 0 Å². The minimum absolute atomic E-state index is 0.356. The van der Waals surface area contributed by atoms with Gasteiger partial charge >= 0.3 is 5.97 Å². The molecule has 2 N–H and O–H groups in total. The summed E-state index contributed by atoms with van der Waals surface area (Å²) in [6, 6.07) is 14.6. The number of carbonyl (C=O) groups excluding carboxylic acids is 1. The molecule has 0 aliphatic heterocycles. The normalized spacial score (nSPS) is 10.5. The van der Waals surface area contributed by atoms with E-state index in [1.54, 1.807) is 25.5 Å². The molecule has 0 spiro atoms. The first-order chi connectivity index (χ1) is 13.6. The SMILES string of the molecule is COCCNC(=S)N/N=C\c1ccc(OCc2ccc(C(=O)OC)cc2)cc1. The van der Waals surface area contributed by atoms with E-state index in [-0.39, 0.29) is 5.97 Å². The second-order valence-corrected chi connectivity index (χ2v) is 6.07. The number of ether oxygens (including phenoxy) is 3. The summed E-state index contributed by atoms with van der Waals surface area (Å²) in [4.78, 5) is 11.4. The molecule has 0 saturated carbocycles. The Morgan fingerprint density at radius 1 is 1.11 bits per heavy atom. The van der Waals surface area contributed by atoms with E-state index in [0.29, 0.717) is 30.4 Å². The van der Waals surface area contributed by atoms with Crippen LogP contribution >= 0.6 is 12.2 Å². The third-order valence-corrected chi connectivity index (χ3v) is 3.87. The molecule has 28 heavy (non-hydrogen) atoms. The average Bonchev–Trinajstić information content (AvgIpc) is 2.73. The van der Waals surface area contributed by atoms with E-state index in [2.05, 4.69) is 20.6 Å². The van der Waals surface area contributed by atoms with Gasteiger partial charge in [-0.25, -0.2) is 4.79 Å². The predicted octanol–water partition coefficient (Wildman–Crippen LogP) is 2.50. The summed E-state index contributed by atoms with van der Waals surface area (Å²) in [5.74, 6) is 0.379. The number of nitrogens with zero attached hydrogens (tertiary/aromatic N) is 1. The van der Waals surface area contributed by atoms with Gasteiger partial charge in [0, 0.05) is 13.7 Å². The fraction of sp³-hybridized carbons (Fsp3) is 0.250. The van der Waals surface area contributed by atoms with Crippen LogP contribution in [0.2, 0.25) is 0 Å². The summed E-state index contributed by atoms with van der Waals surface area (Å²) in [5, 5.41) is 7.47. The van der Waals surface area contributed by atoms with Crippen LogP contribution in [-0.4, -0.2) is 44.7 Å². The number of hydrogen-bond acceptors (Lipinski definition) is 6. The van der Waals surface area contributed by atoms with Crippen molar-refractivity contribution in [3.8, 4) is 5.75 Å². The summed E-state index contributed by atoms with van der Waals surface area (Å²) >= 11 is 5.08. The highest BCUT2D eigenvalue weighted by Gasteiger charge is 2.04. The molecular formula is C20H23N3O4S. The lowest BCUT2D eigenvalue weighted by Crippen LogP contribution is -2.34. The van der Waals surface area contributed by atoms with Gasteiger partial charge in [-0.2, -0.15) is 5.10 Å². The molecule has 0 radical (unpaired) electrons. The molecular weight excluding hydrogens is 378 g/mol. The Kier molecular flexibility index (Phi) is 8.90. The van der Waals surface area contributed by atoms with Gasteiger partial charge in [-0.1, -0.05) is 12.1 Å². The molecule has 8 heteroatoms. The first-order valence-electron chi connectivity index (χ1n) is 8.58. The smallest absolute Gasteiger partial charge is 0.337 e. The van der Waals surface area contributed by atoms with Crippen molar-refractivity contribution in [3.05, 3.63) is 65.2 Å². The molecule has 0 unspecified atom stereocenters. The molecule has 2 aromatic rings. The maximum absolute atomic E-state index is 11.4. The predicted molar refractivity (Wildman–Crippen MR) is 112 cm³/mol. The zero-order valence-corrected chi connectivity index (χ0v) is 16.6. The van der Waals surface area contributed by atoms with Crippen LogP contribution in [0.15, 0.2) is 53.6 Å². The average molecular weight is 401 g/mol. The molecule has 0 aliphatic carbocycles. The van der Waals surface area contributed by atoms with Crippen LogP contribution < -0.4 is 15.5 Å². The van der Waals surface area contributed by atoms with E-state index in [4.69, 9.17) is 21.7 Å². The Labute approximate surface area is 169 Å². The maximum Gasteiger partial charge on any atom is 0.337 e. The van der Waals surface area contributed by atoms with Crippen LogP contribution in [0.4, 0.5) is 0 Å². The Morgan fingerprint density at radius 3 is 2.46 bits per heavy atom. The number of benzene rings is 2. The van der Waals surface area contributed by atoms with Crippen LogP contribution in [0, 0.1) is 0 Å². The van der Waals surface area contributed by atoms with Gasteiger partial charge in [-0.3, -0.25) is 5.43 Å². The summed E-state index contributed by atoms with van der Waals surface area (Å²) in [5.41, 5.74) is 5.11. The monoisotopic (exact) mass is 401 g/mol. The van der Waals surface area contributed by atoms with Crippen LogP contribution in [0.3, 0.4) is 0 Å². The molecule has 0 atom stereocenters. The first kappa shape index (κ1) is 21.3. The number of rotatable bonds is 9.